The number of nitrogens with one attached hydrogen (secondary N) is 1. The first-order valence-corrected chi connectivity index (χ1v) is 6.93. The average molecular weight is 368 g/mol. The van der Waals surface area contributed by atoms with Gasteiger partial charge in [0.25, 0.3) is 5.91 Å². The van der Waals surface area contributed by atoms with Crippen molar-refractivity contribution in [3.8, 4) is 5.75 Å². The van der Waals surface area contributed by atoms with Gasteiger partial charge in [0, 0.05) is 15.5 Å². The van der Waals surface area contributed by atoms with Gasteiger partial charge in [0.05, 0.1) is 5.56 Å². The van der Waals surface area contributed by atoms with Gasteiger partial charge < -0.3 is 10.4 Å². The van der Waals surface area contributed by atoms with E-state index in [0.29, 0.717) is 12.1 Å². The molecular formula is C12H15ClINO2. The molecule has 0 heterocycles. The van der Waals surface area contributed by atoms with Gasteiger partial charge in [-0.3, -0.25) is 4.79 Å². The van der Waals surface area contributed by atoms with Gasteiger partial charge >= 0.3 is 0 Å². The molecule has 0 radical (unpaired) electrons. The van der Waals surface area contributed by atoms with Gasteiger partial charge in [-0.15, -0.1) is 11.6 Å². The third kappa shape index (κ3) is 5.12. The van der Waals surface area contributed by atoms with Crippen molar-refractivity contribution < 1.29 is 9.90 Å². The standard InChI is InChI=1S/C12H15ClINO2/c1-8(13)3-2-6-15-12(17)10-7-9(14)4-5-11(10)16/h4-5,7-8,16H,2-3,6H2,1H3,(H,15,17). The lowest BCUT2D eigenvalue weighted by Gasteiger charge is -2.07. The smallest absolute Gasteiger partial charge is 0.255 e. The van der Waals surface area contributed by atoms with Gasteiger partial charge in [0.2, 0.25) is 0 Å². The predicted molar refractivity (Wildman–Crippen MR) is 77.7 cm³/mol. The van der Waals surface area contributed by atoms with E-state index in [-0.39, 0.29) is 17.0 Å². The fraction of sp³-hybridized carbons (Fsp3) is 0.417. The number of hydrogen-bond donors (Lipinski definition) is 2. The van der Waals surface area contributed by atoms with Gasteiger partial charge in [0.1, 0.15) is 5.75 Å². The van der Waals surface area contributed by atoms with E-state index in [4.69, 9.17) is 11.6 Å². The number of phenols is 1. The highest BCUT2D eigenvalue weighted by atomic mass is 127. The Balaban J connectivity index is 2.49. The van der Waals surface area contributed by atoms with Crippen LogP contribution in [-0.2, 0) is 0 Å². The fourth-order valence-corrected chi connectivity index (χ4v) is 2.02. The minimum absolute atomic E-state index is 0.00799. The SMILES string of the molecule is CC(Cl)CCCNC(=O)c1cc(I)ccc1O. The minimum Gasteiger partial charge on any atom is -0.507 e. The highest BCUT2D eigenvalue weighted by molar-refractivity contribution is 14.1. The number of halogens is 2. The number of carbonyl (C=O) groups excluding carboxylic acids is 1. The average Bonchev–Trinajstić information content (AvgIpc) is 2.27. The molecule has 1 unspecified atom stereocenters. The van der Waals surface area contributed by atoms with E-state index in [2.05, 4.69) is 27.9 Å². The Morgan fingerprint density at radius 1 is 1.59 bits per heavy atom. The van der Waals surface area contributed by atoms with Crippen LogP contribution in [0.5, 0.6) is 5.75 Å². The minimum atomic E-state index is -0.247. The Morgan fingerprint density at radius 2 is 2.29 bits per heavy atom. The molecule has 1 aromatic rings. The van der Waals surface area contributed by atoms with E-state index in [0.717, 1.165) is 16.4 Å². The first-order valence-electron chi connectivity index (χ1n) is 5.41. The van der Waals surface area contributed by atoms with E-state index in [9.17, 15) is 9.90 Å². The van der Waals surface area contributed by atoms with E-state index in [1.807, 2.05) is 6.92 Å². The lowest BCUT2D eigenvalue weighted by atomic mass is 10.2. The summed E-state index contributed by atoms with van der Waals surface area (Å²) in [6.07, 6.45) is 1.70. The predicted octanol–water partition coefficient (Wildman–Crippen LogP) is 3.13. The lowest BCUT2D eigenvalue weighted by molar-refractivity contribution is 0.0950. The summed E-state index contributed by atoms with van der Waals surface area (Å²) < 4.78 is 0.917. The molecule has 0 saturated heterocycles. The Kier molecular flexibility index (Phi) is 6.05. The summed E-state index contributed by atoms with van der Waals surface area (Å²) in [5, 5.41) is 12.4. The van der Waals surface area contributed by atoms with E-state index >= 15 is 0 Å². The molecule has 1 rings (SSSR count). The fourth-order valence-electron chi connectivity index (χ4n) is 1.37. The van der Waals surface area contributed by atoms with Gasteiger partial charge in [-0.1, -0.05) is 0 Å². The van der Waals surface area contributed by atoms with E-state index in [1.165, 1.54) is 6.07 Å². The summed E-state index contributed by atoms with van der Waals surface area (Å²) in [6.45, 7) is 2.50. The molecule has 2 N–H and O–H groups in total. The molecule has 0 aliphatic carbocycles. The van der Waals surface area contributed by atoms with Crippen LogP contribution in [0.2, 0.25) is 0 Å². The maximum absolute atomic E-state index is 11.8. The molecule has 0 spiro atoms. The van der Waals surface area contributed by atoms with Crippen molar-refractivity contribution in [2.24, 2.45) is 0 Å². The summed E-state index contributed by atoms with van der Waals surface area (Å²) in [5.74, 6) is -0.239. The third-order valence-corrected chi connectivity index (χ3v) is 3.16. The van der Waals surface area contributed by atoms with Crippen LogP contribution in [-0.4, -0.2) is 22.9 Å². The summed E-state index contributed by atoms with van der Waals surface area (Å²) in [6, 6.07) is 4.94. The molecule has 3 nitrogen and oxygen atoms in total. The van der Waals surface area contributed by atoms with Crippen LogP contribution >= 0.6 is 34.2 Å². The van der Waals surface area contributed by atoms with Crippen LogP contribution < -0.4 is 5.32 Å². The molecule has 0 aromatic heterocycles. The largest absolute Gasteiger partial charge is 0.507 e. The zero-order valence-corrected chi connectivity index (χ0v) is 12.5. The summed E-state index contributed by atoms with van der Waals surface area (Å²) in [7, 11) is 0. The number of hydrogen-bond acceptors (Lipinski definition) is 2. The Morgan fingerprint density at radius 3 is 2.94 bits per heavy atom. The van der Waals surface area contributed by atoms with Crippen LogP contribution in [0.25, 0.3) is 0 Å². The number of alkyl halides is 1. The number of phenolic OH excluding ortho intramolecular Hbond substituents is 1. The molecule has 0 fully saturated rings. The van der Waals surface area contributed by atoms with Gasteiger partial charge in [0.15, 0.2) is 0 Å². The number of benzene rings is 1. The second kappa shape index (κ2) is 7.06. The number of aromatic hydroxyl groups is 1. The lowest BCUT2D eigenvalue weighted by Crippen LogP contribution is -2.25. The molecule has 5 heteroatoms. The van der Waals surface area contributed by atoms with Crippen LogP contribution in [0, 0.1) is 3.57 Å². The first-order chi connectivity index (χ1) is 8.00. The Labute approximate surface area is 120 Å². The molecule has 0 bridgehead atoms. The van der Waals surface area contributed by atoms with Crippen molar-refractivity contribution in [2.45, 2.75) is 25.1 Å². The third-order valence-electron chi connectivity index (χ3n) is 2.27. The molecule has 0 aliphatic rings. The van der Waals surface area contributed by atoms with Crippen molar-refractivity contribution >= 4 is 40.1 Å². The normalized spacial score (nSPS) is 12.2. The van der Waals surface area contributed by atoms with Crippen molar-refractivity contribution in [1.29, 1.82) is 0 Å². The zero-order chi connectivity index (χ0) is 12.8. The second-order valence-electron chi connectivity index (χ2n) is 3.84. The van der Waals surface area contributed by atoms with E-state index in [1.54, 1.807) is 12.1 Å². The maximum atomic E-state index is 11.8. The van der Waals surface area contributed by atoms with E-state index < -0.39 is 0 Å². The summed E-state index contributed by atoms with van der Waals surface area (Å²) >= 11 is 7.90. The van der Waals surface area contributed by atoms with Crippen LogP contribution in [0.3, 0.4) is 0 Å². The maximum Gasteiger partial charge on any atom is 0.255 e. The molecular weight excluding hydrogens is 352 g/mol. The van der Waals surface area contributed by atoms with Crippen LogP contribution in [0.1, 0.15) is 30.1 Å². The van der Waals surface area contributed by atoms with Crippen molar-refractivity contribution in [3.63, 3.8) is 0 Å². The molecule has 94 valence electrons. The summed E-state index contributed by atoms with van der Waals surface area (Å²) in [5.41, 5.74) is 0.316. The number of rotatable bonds is 5. The topological polar surface area (TPSA) is 49.3 Å². The van der Waals surface area contributed by atoms with Crippen molar-refractivity contribution in [3.05, 3.63) is 27.3 Å². The van der Waals surface area contributed by atoms with Gasteiger partial charge in [-0.25, -0.2) is 0 Å². The molecule has 1 atom stereocenters. The van der Waals surface area contributed by atoms with Crippen molar-refractivity contribution in [2.75, 3.05) is 6.54 Å². The zero-order valence-electron chi connectivity index (χ0n) is 9.54. The molecule has 0 aliphatic heterocycles. The molecule has 0 saturated carbocycles. The second-order valence-corrected chi connectivity index (χ2v) is 5.83. The number of amides is 1. The van der Waals surface area contributed by atoms with Gasteiger partial charge in [-0.2, -0.15) is 0 Å². The quantitative estimate of drug-likeness (QED) is 0.477. The van der Waals surface area contributed by atoms with Crippen LogP contribution in [0.15, 0.2) is 18.2 Å². The van der Waals surface area contributed by atoms with Crippen LogP contribution in [0.4, 0.5) is 0 Å². The molecule has 1 aromatic carbocycles. The highest BCUT2D eigenvalue weighted by Gasteiger charge is 2.10. The Bertz CT molecular complexity index is 396. The number of carbonyl (C=O) groups is 1. The van der Waals surface area contributed by atoms with Crippen molar-refractivity contribution in [1.82, 2.24) is 5.32 Å². The summed E-state index contributed by atoms with van der Waals surface area (Å²) in [4.78, 5) is 11.8. The first kappa shape index (κ1) is 14.6. The Hall–Kier alpha value is -0.490. The molecule has 17 heavy (non-hydrogen) atoms. The molecule has 1 amide bonds. The van der Waals surface area contributed by atoms with Gasteiger partial charge in [-0.05, 0) is 60.6 Å². The highest BCUT2D eigenvalue weighted by Crippen LogP contribution is 2.19. The monoisotopic (exact) mass is 367 g/mol.